The minimum absolute atomic E-state index is 0. The maximum absolute atomic E-state index is 12.0. The van der Waals surface area contributed by atoms with Gasteiger partial charge in [-0.2, -0.15) is 0 Å². The van der Waals surface area contributed by atoms with Crippen molar-refractivity contribution in [1.82, 2.24) is 0 Å². The van der Waals surface area contributed by atoms with E-state index < -0.39 is 10.8 Å². The van der Waals surface area contributed by atoms with E-state index in [9.17, 15) is 24.0 Å². The van der Waals surface area contributed by atoms with Crippen molar-refractivity contribution in [2.75, 3.05) is 0 Å². The predicted octanol–water partition coefficient (Wildman–Crippen LogP) is 7.16. The first-order valence-corrected chi connectivity index (χ1v) is 16.2. The summed E-state index contributed by atoms with van der Waals surface area (Å²) < 4.78 is 12.0. The molecular formula is C42H32O7SU-6. The van der Waals surface area contributed by atoms with Gasteiger partial charge in [0.05, 0.1) is 10.8 Å². The predicted molar refractivity (Wildman–Crippen MR) is 189 cm³/mol. The van der Waals surface area contributed by atoms with E-state index in [1.54, 1.807) is 97.1 Å². The zero-order valence-corrected chi connectivity index (χ0v) is 32.2. The van der Waals surface area contributed by atoms with Gasteiger partial charge in [0, 0.05) is 52.0 Å². The SMILES string of the molecule is O=C(/C=C(\[O-])c1ccccc1)c1ccccc1.O=C(/C=C(\[O-])c1ccccc1)c1ccccc1.O=S(c1ccccc1)c1ccccc1.[O-2].[O-2].[U]. The fourth-order valence-electron chi connectivity index (χ4n) is 4.21. The van der Waals surface area contributed by atoms with Crippen molar-refractivity contribution in [2.24, 2.45) is 0 Å². The van der Waals surface area contributed by atoms with E-state index in [2.05, 4.69) is 0 Å². The number of hydrogen-bond acceptors (Lipinski definition) is 5. The molecule has 0 N–H and O–H groups in total. The van der Waals surface area contributed by atoms with Crippen LogP contribution in [0, 0.1) is 31.1 Å². The molecule has 7 nitrogen and oxygen atoms in total. The summed E-state index contributed by atoms with van der Waals surface area (Å²) in [7, 11) is -1.05. The largest absolute Gasteiger partial charge is 2.00 e. The van der Waals surface area contributed by atoms with E-state index in [-0.39, 0.29) is 65.2 Å². The number of benzene rings is 6. The maximum Gasteiger partial charge on any atom is 0.185 e. The minimum Gasteiger partial charge on any atom is -2.00 e. The van der Waals surface area contributed by atoms with Gasteiger partial charge in [0.15, 0.2) is 11.6 Å². The van der Waals surface area contributed by atoms with Gasteiger partial charge in [-0.3, -0.25) is 9.59 Å². The van der Waals surface area contributed by atoms with E-state index in [0.29, 0.717) is 22.3 Å². The molecule has 0 saturated carbocycles. The Bertz CT molecular complexity index is 1810. The monoisotopic (exact) mass is 918 g/mol. The summed E-state index contributed by atoms with van der Waals surface area (Å²) in [6.07, 6.45) is 2.26. The van der Waals surface area contributed by atoms with E-state index >= 15 is 0 Å². The van der Waals surface area contributed by atoms with Crippen molar-refractivity contribution >= 4 is 33.9 Å². The molecule has 0 bridgehead atoms. The standard InChI is InChI=1S/2C15H12O2.C12H10OS.2O.U/c2*16-14(12-7-3-1-4-8-12)11-15(17)13-9-5-2-6-10-13;13-14(11-7-3-1-4-8-11)12-9-5-2-6-10-12;;;/h2*1-11,16H;1-10H;;;/q;;;2*-2;/p-2/b2*14-11-;;;;. The Kier molecular flexibility index (Phi) is 20.7. The van der Waals surface area contributed by atoms with Crippen molar-refractivity contribution in [2.45, 2.75) is 9.79 Å². The molecule has 0 spiro atoms. The Morgan fingerprint density at radius 2 is 0.608 bits per heavy atom. The summed E-state index contributed by atoms with van der Waals surface area (Å²) in [6.45, 7) is 0. The Morgan fingerprint density at radius 1 is 0.392 bits per heavy atom. The van der Waals surface area contributed by atoms with Crippen molar-refractivity contribution in [1.29, 1.82) is 0 Å². The third-order valence-electron chi connectivity index (χ3n) is 6.67. The topological polar surface area (TPSA) is 154 Å². The van der Waals surface area contributed by atoms with E-state index in [0.717, 1.165) is 21.9 Å². The fraction of sp³-hybridized carbons (Fsp3) is 0. The number of ketones is 2. The average molecular weight is 919 g/mol. The summed E-state index contributed by atoms with van der Waals surface area (Å²) in [5.74, 6) is -1.06. The number of hydrogen-bond donors (Lipinski definition) is 0. The third kappa shape index (κ3) is 14.7. The van der Waals surface area contributed by atoms with Gasteiger partial charge in [-0.15, -0.1) is 0 Å². The molecule has 0 aliphatic carbocycles. The van der Waals surface area contributed by atoms with Crippen LogP contribution in [-0.2, 0) is 21.8 Å². The second kappa shape index (κ2) is 24.1. The van der Waals surface area contributed by atoms with Crippen LogP contribution in [0.15, 0.2) is 204 Å². The van der Waals surface area contributed by atoms with E-state index in [1.165, 1.54) is 0 Å². The van der Waals surface area contributed by atoms with Crippen molar-refractivity contribution < 1.29 is 66.1 Å². The van der Waals surface area contributed by atoms with Crippen LogP contribution in [-0.4, -0.2) is 15.8 Å². The van der Waals surface area contributed by atoms with Crippen LogP contribution in [0.3, 0.4) is 0 Å². The molecule has 6 rings (SSSR count). The molecule has 258 valence electrons. The van der Waals surface area contributed by atoms with E-state index in [1.807, 2.05) is 84.9 Å². The minimum atomic E-state index is -1.05. The van der Waals surface area contributed by atoms with Crippen molar-refractivity contribution in [3.8, 4) is 0 Å². The molecular weight excluding hydrogens is 887 g/mol. The number of rotatable bonds is 8. The smallest absolute Gasteiger partial charge is 0.185 e. The number of allylic oxidation sites excluding steroid dienone is 2. The van der Waals surface area contributed by atoms with Crippen LogP contribution in [0.5, 0.6) is 0 Å². The summed E-state index contributed by atoms with van der Waals surface area (Å²) in [5, 5.41) is 23.5. The first-order chi connectivity index (χ1) is 23.4. The normalized spacial score (nSPS) is 10.3. The quantitative estimate of drug-likeness (QED) is 0.0901. The Morgan fingerprint density at radius 3 is 0.863 bits per heavy atom. The van der Waals surface area contributed by atoms with Gasteiger partial charge in [-0.05, 0) is 47.5 Å². The first-order valence-electron chi connectivity index (χ1n) is 15.0. The first kappa shape index (κ1) is 43.9. The van der Waals surface area contributed by atoms with Crippen LogP contribution < -0.4 is 10.2 Å². The van der Waals surface area contributed by atoms with Gasteiger partial charge in [0.1, 0.15) is 0 Å². The molecule has 0 aromatic heterocycles. The Labute approximate surface area is 324 Å². The molecule has 0 unspecified atom stereocenters. The molecule has 0 aliphatic heterocycles. The van der Waals surface area contributed by atoms with Gasteiger partial charge in [0.25, 0.3) is 0 Å². The zero-order valence-electron chi connectivity index (χ0n) is 27.2. The summed E-state index contributed by atoms with van der Waals surface area (Å²) in [6, 6.07) is 54.0. The average Bonchev–Trinajstić information content (AvgIpc) is 3.17. The molecule has 0 aliphatic rings. The number of carbonyl (C=O) groups is 2. The molecule has 0 atom stereocenters. The molecule has 6 aromatic carbocycles. The Hall–Kier alpha value is -5.14. The fourth-order valence-corrected chi connectivity index (χ4v) is 5.29. The summed E-state index contributed by atoms with van der Waals surface area (Å²) in [4.78, 5) is 25.2. The second-order valence-corrected chi connectivity index (χ2v) is 11.6. The third-order valence-corrected chi connectivity index (χ3v) is 8.07. The Balaban J connectivity index is 0.000000373. The molecule has 0 fully saturated rings. The van der Waals surface area contributed by atoms with Crippen LogP contribution >= 0.6 is 0 Å². The van der Waals surface area contributed by atoms with E-state index in [4.69, 9.17) is 0 Å². The van der Waals surface area contributed by atoms with Gasteiger partial charge in [-0.1, -0.05) is 169 Å². The molecule has 0 heterocycles. The second-order valence-electron chi connectivity index (χ2n) is 10.1. The van der Waals surface area contributed by atoms with Crippen LogP contribution in [0.1, 0.15) is 31.8 Å². The molecule has 0 radical (unpaired) electrons. The van der Waals surface area contributed by atoms with Gasteiger partial charge in [-0.25, -0.2) is 4.21 Å². The molecule has 9 heteroatoms. The molecule has 6 aromatic rings. The molecule has 0 saturated heterocycles. The maximum atomic E-state index is 12.0. The van der Waals surface area contributed by atoms with Crippen molar-refractivity contribution in [3.05, 3.63) is 216 Å². The number of carbonyl (C=O) groups excluding carboxylic acids is 2. The zero-order chi connectivity index (χ0) is 34.0. The van der Waals surface area contributed by atoms with Gasteiger partial charge >= 0.3 is 0 Å². The van der Waals surface area contributed by atoms with Gasteiger partial charge < -0.3 is 21.2 Å². The molecule has 0 amide bonds. The van der Waals surface area contributed by atoms with Gasteiger partial charge in [0.2, 0.25) is 0 Å². The van der Waals surface area contributed by atoms with Crippen LogP contribution in [0.4, 0.5) is 0 Å². The summed E-state index contributed by atoms with van der Waals surface area (Å²) >= 11 is 0. The van der Waals surface area contributed by atoms with Crippen LogP contribution in [0.25, 0.3) is 11.5 Å². The van der Waals surface area contributed by atoms with Crippen LogP contribution in [0.2, 0.25) is 0 Å². The van der Waals surface area contributed by atoms with Crippen molar-refractivity contribution in [3.63, 3.8) is 0 Å². The summed E-state index contributed by atoms with van der Waals surface area (Å²) in [5.41, 5.74) is 2.10. The molecule has 51 heavy (non-hydrogen) atoms.